The van der Waals surface area contributed by atoms with Gasteiger partial charge < -0.3 is 9.64 Å². The standard InChI is InChI=1S/C37H47ClN3O2/c1-3-4-5-6-7-8-9-10-11-12-13-16-25-43-36-26-32(20-23-35(36)38)29-41(30(2)42)33-21-18-31(19-22-33)27-37-39-28-34-17-14-15-24-40(34)37/h14-15,17-24,26H,3-13,16,25,27,29H2,1-2H3/q+1. The van der Waals surface area contributed by atoms with Crippen LogP contribution in [0.2, 0.25) is 5.02 Å². The van der Waals surface area contributed by atoms with E-state index in [1.54, 1.807) is 11.8 Å². The highest BCUT2D eigenvalue weighted by molar-refractivity contribution is 6.32. The molecule has 0 fully saturated rings. The molecule has 2 aliphatic rings. The minimum atomic E-state index is -0.0180. The number of amidine groups is 1. The average molecular weight is 601 g/mol. The lowest BCUT2D eigenvalue weighted by Gasteiger charge is -2.22. The van der Waals surface area contributed by atoms with Crippen molar-refractivity contribution in [2.75, 3.05) is 11.5 Å². The van der Waals surface area contributed by atoms with Crippen LogP contribution in [0, 0.1) is 6.20 Å². The average Bonchev–Trinajstić information content (AvgIpc) is 3.42. The number of hydrogen-bond donors (Lipinski definition) is 0. The first-order chi connectivity index (χ1) is 21.0. The highest BCUT2D eigenvalue weighted by atomic mass is 35.5. The maximum atomic E-state index is 12.6. The third kappa shape index (κ3) is 10.4. The number of carbonyl (C=O) groups excluding carboxylic acids is 1. The minimum Gasteiger partial charge on any atom is -0.492 e. The van der Waals surface area contributed by atoms with Gasteiger partial charge >= 0.3 is 0 Å². The maximum Gasteiger partial charge on any atom is 0.247 e. The molecule has 2 aliphatic heterocycles. The number of fused-ring (bicyclic) bond motifs is 1. The van der Waals surface area contributed by atoms with Crippen molar-refractivity contribution < 1.29 is 9.53 Å². The van der Waals surface area contributed by atoms with Crippen LogP contribution in [-0.2, 0) is 17.8 Å². The predicted molar refractivity (Wildman–Crippen MR) is 179 cm³/mol. The number of aliphatic imine (C=N–C) groups is 1. The minimum absolute atomic E-state index is 0.0180. The SMILES string of the molecule is CCCCCCCCCCCCCCOc1cc(CN(C(C)=O)c2ccc(CC3=N[C+]=C4C=CC=CN43)cc2)ccc1Cl. The molecule has 228 valence electrons. The Labute approximate surface area is 264 Å². The molecule has 4 rings (SSSR count). The Morgan fingerprint density at radius 3 is 2.21 bits per heavy atom. The second-order valence-electron chi connectivity index (χ2n) is 11.5. The molecule has 0 atom stereocenters. The largest absolute Gasteiger partial charge is 0.492 e. The molecule has 0 N–H and O–H groups in total. The normalized spacial score (nSPS) is 13.4. The molecule has 1 amide bonds. The zero-order chi connectivity index (χ0) is 30.3. The van der Waals surface area contributed by atoms with Crippen molar-refractivity contribution in [1.82, 2.24) is 4.90 Å². The van der Waals surface area contributed by atoms with E-state index in [-0.39, 0.29) is 5.91 Å². The zero-order valence-corrected chi connectivity index (χ0v) is 26.7. The molecule has 2 aromatic rings. The van der Waals surface area contributed by atoms with Gasteiger partial charge in [-0.15, -0.1) is 0 Å². The first-order valence-corrected chi connectivity index (χ1v) is 16.5. The van der Waals surface area contributed by atoms with Crippen molar-refractivity contribution in [3.05, 3.63) is 94.9 Å². The summed E-state index contributed by atoms with van der Waals surface area (Å²) in [6, 6.07) is 13.9. The summed E-state index contributed by atoms with van der Waals surface area (Å²) >= 11 is 6.46. The highest BCUT2D eigenvalue weighted by Gasteiger charge is 2.28. The van der Waals surface area contributed by atoms with Crippen LogP contribution in [0.4, 0.5) is 5.69 Å². The number of allylic oxidation sites excluding steroid dienone is 3. The fraction of sp³-hybridized carbons (Fsp3) is 0.459. The van der Waals surface area contributed by atoms with Crippen LogP contribution in [0.15, 0.2) is 77.6 Å². The van der Waals surface area contributed by atoms with E-state index < -0.39 is 0 Å². The lowest BCUT2D eigenvalue weighted by Crippen LogP contribution is -2.28. The van der Waals surface area contributed by atoms with Gasteiger partial charge in [0.2, 0.25) is 17.4 Å². The zero-order valence-electron chi connectivity index (χ0n) is 26.0. The molecule has 0 unspecified atom stereocenters. The molecule has 2 aromatic carbocycles. The molecule has 6 heteroatoms. The Kier molecular flexibility index (Phi) is 13.3. The number of amides is 1. The number of unbranched alkanes of at least 4 members (excludes halogenated alkanes) is 11. The number of nitrogens with zero attached hydrogens (tertiary/aromatic N) is 3. The molecule has 43 heavy (non-hydrogen) atoms. The summed E-state index contributed by atoms with van der Waals surface area (Å²) in [4.78, 5) is 20.9. The van der Waals surface area contributed by atoms with Gasteiger partial charge in [-0.05, 0) is 54.0 Å². The van der Waals surface area contributed by atoms with Gasteiger partial charge in [0, 0.05) is 18.8 Å². The molecule has 0 aromatic heterocycles. The number of rotatable bonds is 19. The Morgan fingerprint density at radius 1 is 0.884 bits per heavy atom. The van der Waals surface area contributed by atoms with Crippen LogP contribution in [-0.4, -0.2) is 23.2 Å². The highest BCUT2D eigenvalue weighted by Crippen LogP contribution is 2.28. The van der Waals surface area contributed by atoms with Crippen LogP contribution in [0.5, 0.6) is 5.75 Å². The van der Waals surface area contributed by atoms with Crippen molar-refractivity contribution in [3.8, 4) is 5.75 Å². The van der Waals surface area contributed by atoms with E-state index in [2.05, 4.69) is 30.2 Å². The second kappa shape index (κ2) is 17.7. The fourth-order valence-electron chi connectivity index (χ4n) is 5.48. The first kappa shape index (κ1) is 32.5. The quantitative estimate of drug-likeness (QED) is 0.119. The molecule has 2 heterocycles. The number of halogens is 1. The van der Waals surface area contributed by atoms with Gasteiger partial charge in [-0.2, -0.15) is 0 Å². The summed E-state index contributed by atoms with van der Waals surface area (Å²) in [7, 11) is 0. The van der Waals surface area contributed by atoms with Gasteiger partial charge in [0.25, 0.3) is 0 Å². The van der Waals surface area contributed by atoms with Crippen molar-refractivity contribution in [1.29, 1.82) is 0 Å². The Balaban J connectivity index is 1.20. The fourth-order valence-corrected chi connectivity index (χ4v) is 5.66. The van der Waals surface area contributed by atoms with Gasteiger partial charge in [0.05, 0.1) is 30.7 Å². The second-order valence-corrected chi connectivity index (χ2v) is 12.0. The van der Waals surface area contributed by atoms with Crippen LogP contribution in [0.25, 0.3) is 0 Å². The summed E-state index contributed by atoms with van der Waals surface area (Å²) < 4.78 is 6.07. The smallest absolute Gasteiger partial charge is 0.247 e. The monoisotopic (exact) mass is 600 g/mol. The number of carbonyl (C=O) groups is 1. The summed E-state index contributed by atoms with van der Waals surface area (Å²) in [5.41, 5.74) is 3.91. The summed E-state index contributed by atoms with van der Waals surface area (Å²) in [6.45, 7) is 4.97. The molecule has 0 saturated heterocycles. The third-order valence-electron chi connectivity index (χ3n) is 8.02. The van der Waals surface area contributed by atoms with Crippen molar-refractivity contribution >= 4 is 29.0 Å². The van der Waals surface area contributed by atoms with E-state index >= 15 is 0 Å². The van der Waals surface area contributed by atoms with E-state index in [4.69, 9.17) is 16.3 Å². The molecule has 5 nitrogen and oxygen atoms in total. The van der Waals surface area contributed by atoms with E-state index in [1.807, 2.05) is 59.7 Å². The van der Waals surface area contributed by atoms with Crippen LogP contribution >= 0.6 is 11.6 Å². The van der Waals surface area contributed by atoms with Gasteiger partial charge in [-0.1, -0.05) is 112 Å². The van der Waals surface area contributed by atoms with Gasteiger partial charge in [0.1, 0.15) is 5.75 Å². The molecule has 0 spiro atoms. The molecule has 0 bridgehead atoms. The Morgan fingerprint density at radius 2 is 1.53 bits per heavy atom. The predicted octanol–water partition coefficient (Wildman–Crippen LogP) is 9.96. The van der Waals surface area contributed by atoms with Gasteiger partial charge in [-0.25, -0.2) is 4.90 Å². The van der Waals surface area contributed by atoms with E-state index in [0.29, 0.717) is 30.3 Å². The van der Waals surface area contributed by atoms with Crippen LogP contribution in [0.3, 0.4) is 0 Å². The topological polar surface area (TPSA) is 45.1 Å². The van der Waals surface area contributed by atoms with Gasteiger partial charge in [-0.3, -0.25) is 4.79 Å². The lowest BCUT2D eigenvalue weighted by atomic mass is 10.1. The summed E-state index contributed by atoms with van der Waals surface area (Å²) in [5.74, 6) is 1.60. The number of ether oxygens (including phenoxy) is 1. The van der Waals surface area contributed by atoms with Crippen molar-refractivity contribution in [3.63, 3.8) is 0 Å². The Bertz CT molecular complexity index is 1300. The Hall–Kier alpha value is -3.40. The van der Waals surface area contributed by atoms with Crippen molar-refractivity contribution in [2.45, 2.75) is 104 Å². The van der Waals surface area contributed by atoms with Crippen LogP contribution in [0.1, 0.15) is 102 Å². The third-order valence-corrected chi connectivity index (χ3v) is 8.33. The molecule has 0 saturated carbocycles. The number of benzene rings is 2. The van der Waals surface area contributed by atoms with Crippen LogP contribution < -0.4 is 9.64 Å². The molecule has 0 aliphatic carbocycles. The number of anilines is 1. The van der Waals surface area contributed by atoms with Gasteiger partial charge in [0.15, 0.2) is 6.20 Å². The lowest BCUT2D eigenvalue weighted by molar-refractivity contribution is -0.116. The molecular weight excluding hydrogens is 554 g/mol. The maximum absolute atomic E-state index is 12.6. The van der Waals surface area contributed by atoms with E-state index in [0.717, 1.165) is 34.8 Å². The summed E-state index contributed by atoms with van der Waals surface area (Å²) in [5, 5.41) is 0.602. The summed E-state index contributed by atoms with van der Waals surface area (Å²) in [6.07, 6.45) is 27.5. The number of hydrogen-bond acceptors (Lipinski definition) is 4. The first-order valence-electron chi connectivity index (χ1n) is 16.2. The van der Waals surface area contributed by atoms with E-state index in [1.165, 1.54) is 70.6 Å². The molecule has 0 radical (unpaired) electrons. The van der Waals surface area contributed by atoms with Crippen molar-refractivity contribution in [2.24, 2.45) is 4.99 Å². The molecular formula is C37H47ClN3O2+. The van der Waals surface area contributed by atoms with E-state index in [9.17, 15) is 4.79 Å².